The van der Waals surface area contributed by atoms with Gasteiger partial charge >= 0.3 is 0 Å². The molecule has 0 aromatic carbocycles. The molecule has 0 bridgehead atoms. The number of aliphatic hydroxyl groups is 1. The largest absolute Gasteiger partial charge is 0.513 e. The van der Waals surface area contributed by atoms with Gasteiger partial charge in [0.05, 0.1) is 10.6 Å². The summed E-state index contributed by atoms with van der Waals surface area (Å²) >= 11 is 7.20. The Morgan fingerprint density at radius 3 is 2.44 bits per heavy atom. The van der Waals surface area contributed by atoms with Crippen LogP contribution in [0.1, 0.15) is 85.0 Å². The van der Waals surface area contributed by atoms with E-state index in [1.165, 1.54) is 51.4 Å². The zero-order valence-corrected chi connectivity index (χ0v) is 18.2. The molecule has 1 nitrogen and oxygen atoms in total. The SMILES string of the molecule is C=C(O)C1CCC2C3CCC4=CC(=C5CC5)CCC4(C)C3CCC12Cl.CC. The highest BCUT2D eigenvalue weighted by Gasteiger charge is 2.60. The smallest absolute Gasteiger partial charge is 0.0899 e. The molecule has 5 aliphatic rings. The summed E-state index contributed by atoms with van der Waals surface area (Å²) in [5.41, 5.74) is 5.57. The fraction of sp³-hybridized carbons (Fsp3) is 0.760. The van der Waals surface area contributed by atoms with Gasteiger partial charge in [-0.2, -0.15) is 0 Å². The standard InChI is InChI=1S/C23H31ClO.C2H6/c1-14(25)19-7-8-21-18-6-5-17-13-16(15-3-4-15)9-11-22(17,2)20(18)10-12-23(19,21)24;1-2/h13,18-21,25H,1,3-12H2,2H3;1-2H3. The molecule has 27 heavy (non-hydrogen) atoms. The average molecular weight is 389 g/mol. The number of alkyl halides is 1. The third kappa shape index (κ3) is 2.95. The van der Waals surface area contributed by atoms with Gasteiger partial charge in [0.25, 0.3) is 0 Å². The molecule has 0 radical (unpaired) electrons. The fourth-order valence-electron chi connectivity index (χ4n) is 7.29. The first-order chi connectivity index (χ1) is 12.9. The van der Waals surface area contributed by atoms with Crippen molar-refractivity contribution < 1.29 is 5.11 Å². The van der Waals surface area contributed by atoms with Crippen molar-refractivity contribution in [2.75, 3.05) is 0 Å². The van der Waals surface area contributed by atoms with Crippen molar-refractivity contribution in [3.8, 4) is 0 Å². The molecule has 5 rings (SSSR count). The summed E-state index contributed by atoms with van der Waals surface area (Å²) in [5.74, 6) is 2.55. The Bertz CT molecular complexity index is 682. The van der Waals surface area contributed by atoms with Crippen LogP contribution >= 0.6 is 11.6 Å². The molecule has 2 heteroatoms. The van der Waals surface area contributed by atoms with Gasteiger partial charge in [0.1, 0.15) is 0 Å². The fourth-order valence-corrected chi connectivity index (χ4v) is 7.91. The highest BCUT2D eigenvalue weighted by molar-refractivity contribution is 6.24. The molecule has 1 N–H and O–H groups in total. The normalized spacial score (nSPS) is 45.0. The quantitative estimate of drug-likeness (QED) is 0.360. The van der Waals surface area contributed by atoms with Crippen molar-refractivity contribution in [1.82, 2.24) is 0 Å². The second-order valence-corrected chi connectivity index (χ2v) is 10.4. The number of allylic oxidation sites excluding steroid dienone is 5. The minimum absolute atomic E-state index is 0.113. The first-order valence-corrected chi connectivity index (χ1v) is 11.8. The summed E-state index contributed by atoms with van der Waals surface area (Å²) in [6.07, 6.45) is 15.0. The lowest BCUT2D eigenvalue weighted by molar-refractivity contribution is 0.00480. The summed E-state index contributed by atoms with van der Waals surface area (Å²) in [4.78, 5) is -0.222. The van der Waals surface area contributed by atoms with E-state index in [0.717, 1.165) is 24.7 Å². The van der Waals surface area contributed by atoms with E-state index in [4.69, 9.17) is 11.6 Å². The summed E-state index contributed by atoms with van der Waals surface area (Å²) in [5, 5.41) is 10.1. The van der Waals surface area contributed by atoms with E-state index in [1.807, 2.05) is 13.8 Å². The van der Waals surface area contributed by atoms with Crippen LogP contribution in [0, 0.1) is 29.1 Å². The molecule has 0 heterocycles. The van der Waals surface area contributed by atoms with Crippen molar-refractivity contribution in [1.29, 1.82) is 0 Å². The van der Waals surface area contributed by atoms with Crippen LogP contribution in [0.2, 0.25) is 0 Å². The van der Waals surface area contributed by atoms with Gasteiger partial charge in [-0.25, -0.2) is 0 Å². The van der Waals surface area contributed by atoms with Gasteiger partial charge in [-0.15, -0.1) is 11.6 Å². The zero-order valence-electron chi connectivity index (χ0n) is 17.5. The zero-order chi connectivity index (χ0) is 19.4. The van der Waals surface area contributed by atoms with Crippen LogP contribution in [0.3, 0.4) is 0 Å². The third-order valence-electron chi connectivity index (χ3n) is 8.75. The Labute approximate surface area is 171 Å². The average Bonchev–Trinajstić information content (AvgIpc) is 3.43. The van der Waals surface area contributed by atoms with E-state index in [2.05, 4.69) is 19.6 Å². The van der Waals surface area contributed by atoms with Crippen LogP contribution in [0.4, 0.5) is 0 Å². The molecule has 150 valence electrons. The topological polar surface area (TPSA) is 20.2 Å². The van der Waals surface area contributed by atoms with Crippen molar-refractivity contribution in [3.63, 3.8) is 0 Å². The lowest BCUT2D eigenvalue weighted by Gasteiger charge is -2.57. The molecule has 0 aliphatic heterocycles. The van der Waals surface area contributed by atoms with Gasteiger partial charge in [-0.05, 0) is 93.0 Å². The minimum atomic E-state index is -0.222. The number of hydrogen-bond donors (Lipinski definition) is 1. The number of hydrogen-bond acceptors (Lipinski definition) is 1. The lowest BCUT2D eigenvalue weighted by atomic mass is 9.49. The van der Waals surface area contributed by atoms with Crippen molar-refractivity contribution in [3.05, 3.63) is 35.1 Å². The van der Waals surface area contributed by atoms with Gasteiger partial charge in [0, 0.05) is 5.92 Å². The molecule has 4 fully saturated rings. The summed E-state index contributed by atoms with van der Waals surface area (Å²) in [6, 6.07) is 0. The van der Waals surface area contributed by atoms with Crippen molar-refractivity contribution in [2.45, 2.75) is 89.9 Å². The Kier molecular flexibility index (Phi) is 5.07. The predicted octanol–water partition coefficient (Wildman–Crippen LogP) is 7.73. The van der Waals surface area contributed by atoms with E-state index in [0.29, 0.717) is 17.1 Å². The second-order valence-electron chi connectivity index (χ2n) is 9.72. The number of rotatable bonds is 1. The van der Waals surface area contributed by atoms with E-state index in [-0.39, 0.29) is 10.8 Å². The molecule has 6 unspecified atom stereocenters. The molecule has 0 aromatic rings. The lowest BCUT2D eigenvalue weighted by Crippen LogP contribution is -2.52. The van der Waals surface area contributed by atoms with Crippen LogP contribution in [-0.4, -0.2) is 9.98 Å². The molecule has 0 spiro atoms. The van der Waals surface area contributed by atoms with Gasteiger partial charge < -0.3 is 5.11 Å². The van der Waals surface area contributed by atoms with E-state index >= 15 is 0 Å². The van der Waals surface area contributed by atoms with Gasteiger partial charge in [0.15, 0.2) is 0 Å². The summed E-state index contributed by atoms with van der Waals surface area (Å²) < 4.78 is 0. The van der Waals surface area contributed by atoms with Gasteiger partial charge in [0.2, 0.25) is 0 Å². The Balaban J connectivity index is 0.000000872. The molecule has 0 amide bonds. The van der Waals surface area contributed by atoms with Crippen molar-refractivity contribution >= 4 is 11.6 Å². The molecule has 0 saturated heterocycles. The Morgan fingerprint density at radius 2 is 1.78 bits per heavy atom. The summed E-state index contributed by atoms with van der Waals surface area (Å²) in [6.45, 7) is 10.4. The maximum atomic E-state index is 10.1. The first-order valence-electron chi connectivity index (χ1n) is 11.4. The monoisotopic (exact) mass is 388 g/mol. The molecular formula is C25H37ClO. The van der Waals surface area contributed by atoms with Crippen LogP contribution in [-0.2, 0) is 0 Å². The number of aliphatic hydroxyl groups excluding tert-OH is 1. The predicted molar refractivity (Wildman–Crippen MR) is 115 cm³/mol. The number of halogens is 1. The van der Waals surface area contributed by atoms with Crippen LogP contribution in [0.25, 0.3) is 0 Å². The van der Waals surface area contributed by atoms with E-state index < -0.39 is 0 Å². The van der Waals surface area contributed by atoms with Crippen LogP contribution in [0.5, 0.6) is 0 Å². The Hall–Kier alpha value is -0.690. The second kappa shape index (κ2) is 6.97. The molecule has 4 saturated carbocycles. The van der Waals surface area contributed by atoms with Gasteiger partial charge in [-0.1, -0.05) is 44.6 Å². The van der Waals surface area contributed by atoms with Crippen LogP contribution < -0.4 is 0 Å². The molecule has 5 aliphatic carbocycles. The molecule has 0 aromatic heterocycles. The third-order valence-corrected chi connectivity index (χ3v) is 9.48. The van der Waals surface area contributed by atoms with E-state index in [1.54, 1.807) is 16.7 Å². The Morgan fingerprint density at radius 1 is 1.04 bits per heavy atom. The minimum Gasteiger partial charge on any atom is -0.513 e. The highest BCUT2D eigenvalue weighted by Crippen LogP contribution is 2.66. The maximum absolute atomic E-state index is 10.1. The van der Waals surface area contributed by atoms with Gasteiger partial charge in [-0.3, -0.25) is 0 Å². The summed E-state index contributed by atoms with van der Waals surface area (Å²) in [7, 11) is 0. The van der Waals surface area contributed by atoms with Crippen molar-refractivity contribution in [2.24, 2.45) is 29.1 Å². The first kappa shape index (κ1) is 19.6. The maximum Gasteiger partial charge on any atom is 0.0899 e. The highest BCUT2D eigenvalue weighted by atomic mass is 35.5. The van der Waals surface area contributed by atoms with E-state index in [9.17, 15) is 5.11 Å². The molecule has 6 atom stereocenters. The van der Waals surface area contributed by atoms with Crippen LogP contribution in [0.15, 0.2) is 35.1 Å². The molecular weight excluding hydrogens is 352 g/mol. The number of fused-ring (bicyclic) bond motifs is 5.